The van der Waals surface area contributed by atoms with Gasteiger partial charge >= 0.3 is 12.1 Å². The summed E-state index contributed by atoms with van der Waals surface area (Å²) < 4.78 is 44.1. The second-order valence-corrected chi connectivity index (χ2v) is 4.30. The van der Waals surface area contributed by atoms with Gasteiger partial charge in [0.1, 0.15) is 17.5 Å². The fourth-order valence-electron chi connectivity index (χ4n) is 1.68. The molecule has 0 aliphatic rings. The molecule has 0 saturated heterocycles. The summed E-state index contributed by atoms with van der Waals surface area (Å²) in [6, 6.07) is 0.931. The van der Waals surface area contributed by atoms with Gasteiger partial charge in [0, 0.05) is 12.4 Å². The molecule has 0 spiro atoms. The van der Waals surface area contributed by atoms with Gasteiger partial charge in [-0.25, -0.2) is 9.78 Å². The molecule has 106 valence electrons. The molecule has 4 nitrogen and oxygen atoms in total. The van der Waals surface area contributed by atoms with E-state index in [2.05, 4.69) is 15.9 Å². The number of fused-ring (bicyclic) bond motifs is 1. The van der Waals surface area contributed by atoms with Crippen LogP contribution in [0.15, 0.2) is 25.0 Å². The predicted octanol–water partition coefficient (Wildman–Crippen LogP) is 3.70. The average Bonchev–Trinajstić information content (AvgIpc) is 2.78. The molecule has 8 heteroatoms. The van der Waals surface area contributed by atoms with E-state index in [1.54, 1.807) is 6.92 Å². The van der Waals surface area contributed by atoms with Gasteiger partial charge in [-0.2, -0.15) is 13.2 Å². The van der Waals surface area contributed by atoms with Crippen LogP contribution in [0.25, 0.3) is 11.2 Å². The van der Waals surface area contributed by atoms with Crippen LogP contribution in [0.4, 0.5) is 13.2 Å². The Morgan fingerprint density at radius 1 is 1.45 bits per heavy atom. The van der Waals surface area contributed by atoms with E-state index in [4.69, 9.17) is 11.9 Å². The summed E-state index contributed by atoms with van der Waals surface area (Å²) in [5.41, 5.74) is -0.948. The van der Waals surface area contributed by atoms with E-state index in [-0.39, 0.29) is 11.3 Å². The molecular weight excluding hydrogens is 297 g/mol. The first-order valence-electron chi connectivity index (χ1n) is 5.32. The Morgan fingerprint density at radius 2 is 2.10 bits per heavy atom. The Hall–Kier alpha value is -2.02. The molecule has 0 atom stereocenters. The summed E-state index contributed by atoms with van der Waals surface area (Å²) in [7, 11) is 0. The molecule has 0 fully saturated rings. The molecule has 2 heterocycles. The summed E-state index contributed by atoms with van der Waals surface area (Å²) in [4.78, 5) is 14.8. The van der Waals surface area contributed by atoms with Gasteiger partial charge in [0.2, 0.25) is 0 Å². The van der Waals surface area contributed by atoms with Gasteiger partial charge in [-0.3, -0.25) is 0 Å². The average molecular weight is 305 g/mol. The highest BCUT2D eigenvalue weighted by Crippen LogP contribution is 2.34. The molecule has 20 heavy (non-hydrogen) atoms. The van der Waals surface area contributed by atoms with Crippen molar-refractivity contribution in [3.8, 4) is 0 Å². The molecule has 0 radical (unpaired) electrons. The van der Waals surface area contributed by atoms with E-state index >= 15 is 0 Å². The zero-order valence-corrected chi connectivity index (χ0v) is 10.9. The number of alkyl halides is 3. The molecule has 2 aromatic rings. The topological polar surface area (TPSA) is 43.6 Å². The van der Waals surface area contributed by atoms with Crippen molar-refractivity contribution in [3.05, 3.63) is 41.9 Å². The van der Waals surface area contributed by atoms with Crippen LogP contribution in [-0.2, 0) is 10.5 Å². The SMILES string of the molecule is C=C(C)c1cc(C(F)(F)F)c2nc(C(=O)OCl)cn2c1. The Kier molecular flexibility index (Phi) is 3.47. The number of rotatable bonds is 2. The number of aromatic nitrogens is 2. The highest BCUT2D eigenvalue weighted by atomic mass is 35.5. The van der Waals surface area contributed by atoms with Crippen LogP contribution >= 0.6 is 11.9 Å². The summed E-state index contributed by atoms with van der Waals surface area (Å²) in [6.07, 6.45) is -2.10. The van der Waals surface area contributed by atoms with Gasteiger partial charge in [-0.05, 0) is 24.1 Å². The minimum Gasteiger partial charge on any atom is -0.342 e. The van der Waals surface area contributed by atoms with Crippen LogP contribution in [-0.4, -0.2) is 15.4 Å². The summed E-state index contributed by atoms with van der Waals surface area (Å²) in [6.45, 7) is 5.18. The lowest BCUT2D eigenvalue weighted by molar-refractivity contribution is -0.136. The molecule has 0 unspecified atom stereocenters. The first kappa shape index (κ1) is 14.4. The first-order chi connectivity index (χ1) is 9.24. The Labute approximate surface area is 116 Å². The maximum atomic E-state index is 13.0. The van der Waals surface area contributed by atoms with Crippen molar-refractivity contribution in [2.45, 2.75) is 13.1 Å². The van der Waals surface area contributed by atoms with Crippen molar-refractivity contribution in [2.24, 2.45) is 0 Å². The zero-order chi connectivity index (χ0) is 15.1. The maximum Gasteiger partial charge on any atom is 0.420 e. The van der Waals surface area contributed by atoms with Crippen LogP contribution in [0.2, 0.25) is 0 Å². The minimum absolute atomic E-state index is 0.285. The normalized spacial score (nSPS) is 11.7. The molecule has 0 amide bonds. The van der Waals surface area contributed by atoms with E-state index in [0.717, 1.165) is 16.7 Å². The number of allylic oxidation sites excluding steroid dienone is 1. The van der Waals surface area contributed by atoms with Crippen LogP contribution < -0.4 is 0 Å². The third-order valence-electron chi connectivity index (χ3n) is 2.63. The quantitative estimate of drug-likeness (QED) is 0.849. The van der Waals surface area contributed by atoms with Crippen molar-refractivity contribution >= 4 is 29.1 Å². The third kappa shape index (κ3) is 2.49. The van der Waals surface area contributed by atoms with E-state index in [1.165, 1.54) is 6.20 Å². The van der Waals surface area contributed by atoms with Crippen molar-refractivity contribution in [1.82, 2.24) is 9.38 Å². The van der Waals surface area contributed by atoms with Gasteiger partial charge in [0.25, 0.3) is 0 Å². The molecule has 0 aliphatic carbocycles. The largest absolute Gasteiger partial charge is 0.420 e. The van der Waals surface area contributed by atoms with E-state index in [1.807, 2.05) is 0 Å². The van der Waals surface area contributed by atoms with Crippen LogP contribution in [0, 0.1) is 0 Å². The van der Waals surface area contributed by atoms with Gasteiger partial charge in [0.15, 0.2) is 5.69 Å². The molecule has 0 aliphatic heterocycles. The Balaban J connectivity index is 2.77. The van der Waals surface area contributed by atoms with Gasteiger partial charge < -0.3 is 8.69 Å². The molecule has 0 saturated carbocycles. The van der Waals surface area contributed by atoms with E-state index in [0.29, 0.717) is 5.57 Å². The smallest absolute Gasteiger partial charge is 0.342 e. The number of carbonyl (C=O) groups is 1. The number of nitrogens with zero attached hydrogens (tertiary/aromatic N) is 2. The lowest BCUT2D eigenvalue weighted by Gasteiger charge is -2.10. The number of pyridine rings is 1. The number of imidazole rings is 1. The van der Waals surface area contributed by atoms with Crippen molar-refractivity contribution in [2.75, 3.05) is 0 Å². The predicted molar refractivity (Wildman–Crippen MR) is 66.2 cm³/mol. The van der Waals surface area contributed by atoms with Crippen LogP contribution in [0.3, 0.4) is 0 Å². The lowest BCUT2D eigenvalue weighted by atomic mass is 10.1. The molecule has 2 rings (SSSR count). The summed E-state index contributed by atoms with van der Waals surface area (Å²) in [5, 5.41) is 0. The summed E-state index contributed by atoms with van der Waals surface area (Å²) in [5.74, 6) is -1.03. The highest BCUT2D eigenvalue weighted by molar-refractivity contribution is 6.15. The van der Waals surface area contributed by atoms with Crippen molar-refractivity contribution in [1.29, 1.82) is 0 Å². The van der Waals surface area contributed by atoms with Crippen LogP contribution in [0.1, 0.15) is 28.5 Å². The number of carbonyl (C=O) groups excluding carboxylic acids is 1. The first-order valence-corrected chi connectivity index (χ1v) is 5.63. The molecule has 0 N–H and O–H groups in total. The molecule has 2 aromatic heterocycles. The fraction of sp³-hybridized carbons (Fsp3) is 0.167. The maximum absolute atomic E-state index is 13.0. The van der Waals surface area contributed by atoms with E-state index in [9.17, 15) is 18.0 Å². The lowest BCUT2D eigenvalue weighted by Crippen LogP contribution is -2.08. The fourth-order valence-corrected chi connectivity index (χ4v) is 1.76. The number of hydrogen-bond donors (Lipinski definition) is 0. The van der Waals surface area contributed by atoms with Crippen LogP contribution in [0.5, 0.6) is 0 Å². The molecule has 0 aromatic carbocycles. The Morgan fingerprint density at radius 3 is 2.60 bits per heavy atom. The molecule has 0 bridgehead atoms. The zero-order valence-electron chi connectivity index (χ0n) is 10.2. The number of halogens is 4. The Bertz CT molecular complexity index is 707. The third-order valence-corrected chi connectivity index (χ3v) is 2.77. The monoisotopic (exact) mass is 304 g/mol. The van der Waals surface area contributed by atoms with Gasteiger partial charge in [0.05, 0.1) is 5.56 Å². The van der Waals surface area contributed by atoms with Crippen molar-refractivity contribution in [3.63, 3.8) is 0 Å². The standard InChI is InChI=1S/C12H8ClF3N2O2/c1-6(2)7-3-8(12(14,15)16)10-17-9(11(19)20-13)5-18(10)4-7/h3-5H,1H2,2H3. The van der Waals surface area contributed by atoms with E-state index < -0.39 is 23.4 Å². The van der Waals surface area contributed by atoms with Crippen molar-refractivity contribution < 1.29 is 22.3 Å². The number of hydrogen-bond acceptors (Lipinski definition) is 3. The minimum atomic E-state index is -4.61. The van der Waals surface area contributed by atoms with Gasteiger partial charge in [-0.1, -0.05) is 6.58 Å². The molecular formula is C12H8ClF3N2O2. The van der Waals surface area contributed by atoms with Gasteiger partial charge in [-0.15, -0.1) is 0 Å². The highest BCUT2D eigenvalue weighted by Gasteiger charge is 2.35. The second-order valence-electron chi connectivity index (χ2n) is 4.14. The summed E-state index contributed by atoms with van der Waals surface area (Å²) >= 11 is 4.89. The second kappa shape index (κ2) is 4.82.